The topological polar surface area (TPSA) is 37.4 Å². The molecule has 5 heteroatoms. The number of amides is 1. The molecule has 1 fully saturated rings. The van der Waals surface area contributed by atoms with Crippen LogP contribution in [-0.4, -0.2) is 29.7 Å². The minimum absolute atomic E-state index is 0.123. The summed E-state index contributed by atoms with van der Waals surface area (Å²) in [6.07, 6.45) is 0.395. The summed E-state index contributed by atoms with van der Waals surface area (Å²) in [4.78, 5) is 25.3. The number of rotatable bonds is 1. The lowest BCUT2D eigenvalue weighted by molar-refractivity contribution is -0.124. The Bertz CT molecular complexity index is 504. The quantitative estimate of drug-likeness (QED) is 0.799. The van der Waals surface area contributed by atoms with E-state index in [9.17, 15) is 14.0 Å². The van der Waals surface area contributed by atoms with Gasteiger partial charge in [0, 0.05) is 29.9 Å². The number of nitrogens with zero attached hydrogens (tertiary/aromatic N) is 1. The molecule has 1 aliphatic rings. The molecule has 1 aliphatic heterocycles. The highest BCUT2D eigenvalue weighted by molar-refractivity contribution is 9.10. The summed E-state index contributed by atoms with van der Waals surface area (Å²) in [6, 6.07) is 3.99. The van der Waals surface area contributed by atoms with Crippen LogP contribution in [0, 0.1) is 11.7 Å². The molecule has 1 amide bonds. The molecule has 0 saturated carbocycles. The van der Waals surface area contributed by atoms with Crippen molar-refractivity contribution in [1.82, 2.24) is 4.90 Å². The first-order valence-corrected chi connectivity index (χ1v) is 6.55. The van der Waals surface area contributed by atoms with E-state index in [1.807, 2.05) is 6.92 Å². The number of hydrogen-bond acceptors (Lipinski definition) is 2. The van der Waals surface area contributed by atoms with Gasteiger partial charge in [-0.25, -0.2) is 4.39 Å². The Kier molecular flexibility index (Phi) is 3.80. The minimum atomic E-state index is -0.388. The fourth-order valence-corrected chi connectivity index (χ4v) is 2.55. The molecule has 0 bridgehead atoms. The Labute approximate surface area is 113 Å². The molecular weight excluding hydrogens is 301 g/mol. The van der Waals surface area contributed by atoms with Gasteiger partial charge in [-0.05, 0) is 34.1 Å². The van der Waals surface area contributed by atoms with E-state index in [1.54, 1.807) is 4.90 Å². The van der Waals surface area contributed by atoms with E-state index in [0.717, 1.165) is 0 Å². The Morgan fingerprint density at radius 2 is 2.22 bits per heavy atom. The van der Waals surface area contributed by atoms with E-state index in [0.29, 0.717) is 29.5 Å². The van der Waals surface area contributed by atoms with Crippen molar-refractivity contribution < 1.29 is 14.0 Å². The Hall–Kier alpha value is -1.23. The normalized spacial score (nSPS) is 20.1. The first-order chi connectivity index (χ1) is 8.49. The van der Waals surface area contributed by atoms with Crippen LogP contribution >= 0.6 is 15.9 Å². The molecule has 1 atom stereocenters. The van der Waals surface area contributed by atoms with Crippen molar-refractivity contribution in [3.8, 4) is 0 Å². The van der Waals surface area contributed by atoms with Gasteiger partial charge in [0.2, 0.25) is 0 Å². The molecule has 0 aromatic heterocycles. The van der Waals surface area contributed by atoms with Crippen molar-refractivity contribution in [1.29, 1.82) is 0 Å². The molecule has 0 spiro atoms. The molecule has 1 aromatic rings. The summed E-state index contributed by atoms with van der Waals surface area (Å²) in [5.41, 5.74) is 0.429. The summed E-state index contributed by atoms with van der Waals surface area (Å²) in [6.45, 7) is 2.69. The van der Waals surface area contributed by atoms with E-state index in [-0.39, 0.29) is 23.4 Å². The van der Waals surface area contributed by atoms with Crippen LogP contribution in [0.3, 0.4) is 0 Å². The Morgan fingerprint density at radius 3 is 2.83 bits per heavy atom. The Balaban J connectivity index is 2.19. The fourth-order valence-electron chi connectivity index (χ4n) is 2.03. The van der Waals surface area contributed by atoms with E-state index in [1.165, 1.54) is 18.2 Å². The van der Waals surface area contributed by atoms with Gasteiger partial charge in [0.25, 0.3) is 5.91 Å². The number of halogens is 2. The zero-order chi connectivity index (χ0) is 13.3. The average molecular weight is 314 g/mol. The smallest absolute Gasteiger partial charge is 0.255 e. The largest absolute Gasteiger partial charge is 0.337 e. The number of Topliss-reactive ketones (excluding diaryl/α,β-unsaturated/α-hetero) is 1. The van der Waals surface area contributed by atoms with Crippen LogP contribution in [0.2, 0.25) is 0 Å². The van der Waals surface area contributed by atoms with Crippen molar-refractivity contribution in [2.75, 3.05) is 13.1 Å². The van der Waals surface area contributed by atoms with E-state index >= 15 is 0 Å². The van der Waals surface area contributed by atoms with Crippen LogP contribution in [0.25, 0.3) is 0 Å². The summed E-state index contributed by atoms with van der Waals surface area (Å²) in [5.74, 6) is -0.485. The van der Waals surface area contributed by atoms with Crippen molar-refractivity contribution in [2.24, 2.45) is 5.92 Å². The minimum Gasteiger partial charge on any atom is -0.337 e. The number of carbonyl (C=O) groups excluding carboxylic acids is 2. The van der Waals surface area contributed by atoms with Crippen LogP contribution in [0.1, 0.15) is 23.7 Å². The monoisotopic (exact) mass is 313 g/mol. The van der Waals surface area contributed by atoms with Crippen LogP contribution in [0.4, 0.5) is 4.39 Å². The van der Waals surface area contributed by atoms with Crippen LogP contribution in [-0.2, 0) is 4.79 Å². The van der Waals surface area contributed by atoms with Crippen LogP contribution in [0.5, 0.6) is 0 Å². The predicted molar refractivity (Wildman–Crippen MR) is 68.8 cm³/mol. The van der Waals surface area contributed by atoms with Gasteiger partial charge in [0.15, 0.2) is 0 Å². The molecule has 0 aliphatic carbocycles. The zero-order valence-electron chi connectivity index (χ0n) is 9.95. The van der Waals surface area contributed by atoms with Gasteiger partial charge in [0.1, 0.15) is 11.6 Å². The van der Waals surface area contributed by atoms with E-state index in [2.05, 4.69) is 15.9 Å². The van der Waals surface area contributed by atoms with Crippen LogP contribution in [0.15, 0.2) is 22.7 Å². The van der Waals surface area contributed by atoms with Gasteiger partial charge < -0.3 is 4.90 Å². The second-order valence-electron chi connectivity index (χ2n) is 4.49. The highest BCUT2D eigenvalue weighted by atomic mass is 79.9. The molecule has 1 aromatic carbocycles. The molecule has 96 valence electrons. The second kappa shape index (κ2) is 5.18. The molecule has 1 saturated heterocycles. The van der Waals surface area contributed by atoms with E-state index < -0.39 is 0 Å². The lowest BCUT2D eigenvalue weighted by Crippen LogP contribution is -2.43. The molecule has 3 nitrogen and oxygen atoms in total. The summed E-state index contributed by atoms with van der Waals surface area (Å²) < 4.78 is 13.4. The van der Waals surface area contributed by atoms with Gasteiger partial charge >= 0.3 is 0 Å². The first-order valence-electron chi connectivity index (χ1n) is 5.76. The van der Waals surface area contributed by atoms with Crippen molar-refractivity contribution >= 4 is 27.6 Å². The van der Waals surface area contributed by atoms with Gasteiger partial charge in [-0.3, -0.25) is 9.59 Å². The van der Waals surface area contributed by atoms with Crippen molar-refractivity contribution in [3.05, 3.63) is 34.1 Å². The number of piperidine rings is 1. The summed E-state index contributed by atoms with van der Waals surface area (Å²) in [7, 11) is 0. The van der Waals surface area contributed by atoms with Crippen molar-refractivity contribution in [3.63, 3.8) is 0 Å². The number of ketones is 1. The standard InChI is InChI=1S/C13H13BrFNO2/c1-8-7-16(5-4-12(8)17)13(18)10-3-2-9(15)6-11(10)14/h2-3,6,8H,4-5,7H2,1H3. The van der Waals surface area contributed by atoms with Gasteiger partial charge in [-0.2, -0.15) is 0 Å². The van der Waals surface area contributed by atoms with Crippen LogP contribution < -0.4 is 0 Å². The highest BCUT2D eigenvalue weighted by Gasteiger charge is 2.28. The Morgan fingerprint density at radius 1 is 1.50 bits per heavy atom. The number of likely N-dealkylation sites (tertiary alicyclic amines) is 1. The molecule has 2 rings (SSSR count). The van der Waals surface area contributed by atoms with Gasteiger partial charge in [0.05, 0.1) is 5.56 Å². The third-order valence-electron chi connectivity index (χ3n) is 3.12. The maximum Gasteiger partial charge on any atom is 0.255 e. The molecule has 0 radical (unpaired) electrons. The second-order valence-corrected chi connectivity index (χ2v) is 5.35. The summed E-state index contributed by atoms with van der Waals surface area (Å²) in [5, 5.41) is 0. The first kappa shape index (κ1) is 13.2. The van der Waals surface area contributed by atoms with Gasteiger partial charge in [-0.15, -0.1) is 0 Å². The molecule has 1 heterocycles. The highest BCUT2D eigenvalue weighted by Crippen LogP contribution is 2.22. The number of benzene rings is 1. The maximum absolute atomic E-state index is 13.0. The molecular formula is C13H13BrFNO2. The number of carbonyl (C=O) groups is 2. The molecule has 18 heavy (non-hydrogen) atoms. The van der Waals surface area contributed by atoms with Crippen molar-refractivity contribution in [2.45, 2.75) is 13.3 Å². The van der Waals surface area contributed by atoms with E-state index in [4.69, 9.17) is 0 Å². The average Bonchev–Trinajstić information content (AvgIpc) is 2.32. The summed E-state index contributed by atoms with van der Waals surface area (Å²) >= 11 is 3.19. The lowest BCUT2D eigenvalue weighted by atomic mass is 9.98. The SMILES string of the molecule is CC1CN(C(=O)c2ccc(F)cc2Br)CCC1=O. The predicted octanol–water partition coefficient (Wildman–Crippen LogP) is 2.64. The zero-order valence-corrected chi connectivity index (χ0v) is 11.5. The number of hydrogen-bond donors (Lipinski definition) is 0. The third kappa shape index (κ3) is 2.61. The molecule has 0 N–H and O–H groups in total. The van der Waals surface area contributed by atoms with Gasteiger partial charge in [-0.1, -0.05) is 6.92 Å². The third-order valence-corrected chi connectivity index (χ3v) is 3.78. The lowest BCUT2D eigenvalue weighted by Gasteiger charge is -2.30. The fraction of sp³-hybridized carbons (Fsp3) is 0.385. The maximum atomic E-state index is 13.0. The molecule has 1 unspecified atom stereocenters.